The molecular weight excluding hydrogens is 478 g/mol. The van der Waals surface area contributed by atoms with Crippen molar-refractivity contribution in [3.8, 4) is 5.75 Å². The second-order valence-electron chi connectivity index (χ2n) is 9.44. The Morgan fingerprint density at radius 2 is 1.81 bits per heavy atom. The molecular formula is C26H31N5O4S. The summed E-state index contributed by atoms with van der Waals surface area (Å²) < 4.78 is 6.57. The van der Waals surface area contributed by atoms with Gasteiger partial charge in [-0.2, -0.15) is 0 Å². The molecule has 1 N–H and O–H groups in total. The number of nitrogens with one attached hydrogen (secondary N) is 1. The molecule has 1 aliphatic carbocycles. The molecule has 10 heteroatoms. The van der Waals surface area contributed by atoms with E-state index in [-0.39, 0.29) is 30.0 Å². The summed E-state index contributed by atoms with van der Waals surface area (Å²) in [6.45, 7) is 4.37. The summed E-state index contributed by atoms with van der Waals surface area (Å²) >= 11 is 1.25. The second-order valence-corrected chi connectivity index (χ2v) is 10.4. The molecule has 1 aliphatic heterocycles. The zero-order chi connectivity index (χ0) is 25.2. The van der Waals surface area contributed by atoms with Gasteiger partial charge in [0.2, 0.25) is 5.91 Å². The van der Waals surface area contributed by atoms with Gasteiger partial charge in [0.25, 0.3) is 11.5 Å². The monoisotopic (exact) mass is 509 g/mol. The summed E-state index contributed by atoms with van der Waals surface area (Å²) in [6.07, 6.45) is 5.64. The number of ether oxygens (including phenoxy) is 1. The summed E-state index contributed by atoms with van der Waals surface area (Å²) in [5, 5.41) is 3.44. The summed E-state index contributed by atoms with van der Waals surface area (Å²) in [5.74, 6) is 0.564. The quantitative estimate of drug-likeness (QED) is 0.549. The van der Waals surface area contributed by atoms with Crippen LogP contribution in [-0.2, 0) is 11.3 Å². The Labute approximate surface area is 213 Å². The number of nitrogens with zero attached hydrogens (tertiary/aromatic N) is 4. The summed E-state index contributed by atoms with van der Waals surface area (Å²) in [4.78, 5) is 48.6. The molecule has 2 aliphatic rings. The zero-order valence-corrected chi connectivity index (χ0v) is 21.5. The number of anilines is 1. The predicted molar refractivity (Wildman–Crippen MR) is 140 cm³/mol. The standard InChI is InChI=1S/C26H31N5O4S/c1-17-22-24(27-16-31(25(22)33)15-21(32)28-18-5-3-4-6-18)36-23(17)26(34)30-13-11-29(12-14-30)19-7-9-20(35-2)10-8-19/h7-10,16,18H,3-6,11-15H2,1-2H3,(H,28,32). The van der Waals surface area contributed by atoms with Crippen LogP contribution in [0.1, 0.15) is 40.9 Å². The van der Waals surface area contributed by atoms with Crippen LogP contribution in [0.5, 0.6) is 5.75 Å². The summed E-state index contributed by atoms with van der Waals surface area (Å²) in [5.41, 5.74) is 1.46. The third-order valence-electron chi connectivity index (χ3n) is 7.15. The van der Waals surface area contributed by atoms with Crippen LogP contribution in [0.15, 0.2) is 35.4 Å². The minimum atomic E-state index is -0.279. The largest absolute Gasteiger partial charge is 0.497 e. The zero-order valence-electron chi connectivity index (χ0n) is 20.7. The molecule has 5 rings (SSSR count). The molecule has 2 aromatic heterocycles. The number of piperazine rings is 1. The van der Waals surface area contributed by atoms with Crippen LogP contribution >= 0.6 is 11.3 Å². The van der Waals surface area contributed by atoms with Gasteiger partial charge in [-0.1, -0.05) is 12.8 Å². The summed E-state index contributed by atoms with van der Waals surface area (Å²) in [6, 6.07) is 8.12. The van der Waals surface area contributed by atoms with E-state index in [2.05, 4.69) is 15.2 Å². The molecule has 0 spiro atoms. The lowest BCUT2D eigenvalue weighted by Crippen LogP contribution is -2.48. The number of carbonyl (C=O) groups excluding carboxylic acids is 2. The van der Waals surface area contributed by atoms with E-state index in [1.54, 1.807) is 14.0 Å². The van der Waals surface area contributed by atoms with E-state index in [0.717, 1.165) is 50.2 Å². The number of carbonyl (C=O) groups is 2. The fourth-order valence-electron chi connectivity index (χ4n) is 5.08. The molecule has 2 fully saturated rings. The number of benzene rings is 1. The molecule has 3 aromatic rings. The highest BCUT2D eigenvalue weighted by atomic mass is 32.1. The van der Waals surface area contributed by atoms with Crippen molar-refractivity contribution in [1.29, 1.82) is 0 Å². The van der Waals surface area contributed by atoms with Gasteiger partial charge in [-0.25, -0.2) is 4.98 Å². The molecule has 9 nitrogen and oxygen atoms in total. The molecule has 0 atom stereocenters. The van der Waals surface area contributed by atoms with Gasteiger partial charge in [0, 0.05) is 37.9 Å². The Balaban J connectivity index is 1.28. The van der Waals surface area contributed by atoms with Gasteiger partial charge in [-0.3, -0.25) is 19.0 Å². The first kappa shape index (κ1) is 24.3. The third-order valence-corrected chi connectivity index (χ3v) is 8.34. The minimum absolute atomic E-state index is 0.0653. The highest BCUT2D eigenvalue weighted by Crippen LogP contribution is 2.29. The van der Waals surface area contributed by atoms with Crippen LogP contribution in [0.4, 0.5) is 5.69 Å². The van der Waals surface area contributed by atoms with E-state index in [0.29, 0.717) is 33.7 Å². The first-order valence-electron chi connectivity index (χ1n) is 12.4. The highest BCUT2D eigenvalue weighted by Gasteiger charge is 2.27. The maximum atomic E-state index is 13.4. The number of thiophene rings is 1. The van der Waals surface area contributed by atoms with E-state index < -0.39 is 0 Å². The third kappa shape index (κ3) is 4.82. The van der Waals surface area contributed by atoms with E-state index in [4.69, 9.17) is 4.74 Å². The number of aromatic nitrogens is 2. The number of aryl methyl sites for hydroxylation is 1. The average Bonchev–Trinajstić information content (AvgIpc) is 3.53. The van der Waals surface area contributed by atoms with Gasteiger partial charge < -0.3 is 19.9 Å². The number of methoxy groups -OCH3 is 1. The smallest absolute Gasteiger partial charge is 0.264 e. The second kappa shape index (κ2) is 10.3. The Bertz CT molecular complexity index is 1320. The molecule has 190 valence electrons. The molecule has 0 radical (unpaired) electrons. The van der Waals surface area contributed by atoms with E-state index in [9.17, 15) is 14.4 Å². The number of hydrogen-bond donors (Lipinski definition) is 1. The van der Waals surface area contributed by atoms with Gasteiger partial charge in [0.05, 0.1) is 23.7 Å². The van der Waals surface area contributed by atoms with Crippen molar-refractivity contribution in [2.45, 2.75) is 45.2 Å². The van der Waals surface area contributed by atoms with Crippen molar-refractivity contribution in [2.75, 3.05) is 38.2 Å². The maximum absolute atomic E-state index is 13.4. The van der Waals surface area contributed by atoms with Gasteiger partial charge in [-0.15, -0.1) is 11.3 Å². The molecule has 1 aromatic carbocycles. The normalized spacial score (nSPS) is 16.5. The average molecular weight is 510 g/mol. The first-order valence-corrected chi connectivity index (χ1v) is 13.2. The Morgan fingerprint density at radius 3 is 2.47 bits per heavy atom. The van der Waals surface area contributed by atoms with Crippen molar-refractivity contribution >= 4 is 39.1 Å². The van der Waals surface area contributed by atoms with Crippen LogP contribution in [0.2, 0.25) is 0 Å². The van der Waals surface area contributed by atoms with Crippen molar-refractivity contribution in [3.05, 3.63) is 51.4 Å². The number of rotatable bonds is 6. The Kier molecular flexibility index (Phi) is 6.95. The lowest BCUT2D eigenvalue weighted by Gasteiger charge is -2.36. The number of amides is 2. The van der Waals surface area contributed by atoms with E-state index in [1.165, 1.54) is 22.2 Å². The van der Waals surface area contributed by atoms with E-state index in [1.807, 2.05) is 29.2 Å². The summed E-state index contributed by atoms with van der Waals surface area (Å²) in [7, 11) is 1.65. The molecule has 0 bridgehead atoms. The fraction of sp³-hybridized carbons (Fsp3) is 0.462. The topological polar surface area (TPSA) is 96.8 Å². The highest BCUT2D eigenvalue weighted by molar-refractivity contribution is 7.20. The van der Waals surface area contributed by atoms with Crippen molar-refractivity contribution in [3.63, 3.8) is 0 Å². The van der Waals surface area contributed by atoms with Gasteiger partial charge >= 0.3 is 0 Å². The van der Waals surface area contributed by atoms with Crippen molar-refractivity contribution in [1.82, 2.24) is 19.8 Å². The van der Waals surface area contributed by atoms with Crippen molar-refractivity contribution in [2.24, 2.45) is 0 Å². The van der Waals surface area contributed by atoms with Crippen LogP contribution < -0.4 is 20.5 Å². The Morgan fingerprint density at radius 1 is 1.11 bits per heavy atom. The first-order chi connectivity index (χ1) is 17.4. The SMILES string of the molecule is COc1ccc(N2CCN(C(=O)c3sc4ncn(CC(=O)NC5CCCC5)c(=O)c4c3C)CC2)cc1. The van der Waals surface area contributed by atoms with Crippen LogP contribution in [0, 0.1) is 6.92 Å². The fourth-order valence-corrected chi connectivity index (χ4v) is 6.19. The lowest BCUT2D eigenvalue weighted by molar-refractivity contribution is -0.122. The van der Waals surface area contributed by atoms with Crippen molar-refractivity contribution < 1.29 is 14.3 Å². The molecule has 1 saturated carbocycles. The molecule has 3 heterocycles. The Hall–Kier alpha value is -3.40. The van der Waals surface area contributed by atoms with Gasteiger partial charge in [0.15, 0.2) is 0 Å². The van der Waals surface area contributed by atoms with Crippen LogP contribution in [0.3, 0.4) is 0 Å². The van der Waals surface area contributed by atoms with Crippen LogP contribution in [0.25, 0.3) is 10.2 Å². The molecule has 2 amide bonds. The van der Waals surface area contributed by atoms with Crippen LogP contribution in [-0.4, -0.2) is 65.6 Å². The van der Waals surface area contributed by atoms with Gasteiger partial charge in [-0.05, 0) is 49.6 Å². The molecule has 0 unspecified atom stereocenters. The number of fused-ring (bicyclic) bond motifs is 1. The lowest BCUT2D eigenvalue weighted by atomic mass is 10.2. The van der Waals surface area contributed by atoms with Gasteiger partial charge in [0.1, 0.15) is 17.1 Å². The maximum Gasteiger partial charge on any atom is 0.264 e. The predicted octanol–water partition coefficient (Wildman–Crippen LogP) is 2.80. The minimum Gasteiger partial charge on any atom is -0.497 e. The van der Waals surface area contributed by atoms with E-state index >= 15 is 0 Å². The number of hydrogen-bond acceptors (Lipinski definition) is 7. The molecule has 1 saturated heterocycles. The molecule has 36 heavy (non-hydrogen) atoms.